The molecular weight excluding hydrogens is 232 g/mol. The van der Waals surface area contributed by atoms with Crippen molar-refractivity contribution in [1.29, 1.82) is 0 Å². The number of nitrogens with two attached hydrogens (primary N) is 1. The Labute approximate surface area is 108 Å². The Morgan fingerprint density at radius 2 is 1.72 bits per heavy atom. The Hall–Kier alpha value is -0.960. The van der Waals surface area contributed by atoms with Crippen LogP contribution in [0.5, 0.6) is 0 Å². The van der Waals surface area contributed by atoms with Gasteiger partial charge in [-0.2, -0.15) is 0 Å². The lowest BCUT2D eigenvalue weighted by atomic mass is 9.89. The molecule has 0 amide bonds. The summed E-state index contributed by atoms with van der Waals surface area (Å²) in [5.74, 6) is -0.574. The van der Waals surface area contributed by atoms with Crippen LogP contribution in [0, 0.1) is 17.6 Å². The van der Waals surface area contributed by atoms with Crippen LogP contribution in [0.3, 0.4) is 0 Å². The number of rotatable bonds is 7. The molecule has 2 unspecified atom stereocenters. The van der Waals surface area contributed by atoms with Crippen molar-refractivity contribution < 1.29 is 8.78 Å². The first kappa shape index (κ1) is 15.1. The Kier molecular flexibility index (Phi) is 6.27. The maximum absolute atomic E-state index is 13.1. The minimum Gasteiger partial charge on any atom is -0.324 e. The molecule has 0 spiro atoms. The fourth-order valence-electron chi connectivity index (χ4n) is 2.27. The second-order valence-electron chi connectivity index (χ2n) is 4.96. The zero-order valence-electron chi connectivity index (χ0n) is 11.3. The molecule has 0 radical (unpaired) electrons. The molecule has 0 heterocycles. The van der Waals surface area contributed by atoms with Crippen molar-refractivity contribution in [2.24, 2.45) is 11.7 Å². The van der Waals surface area contributed by atoms with E-state index in [0.717, 1.165) is 25.3 Å². The third-order valence-electron chi connectivity index (χ3n) is 3.44. The van der Waals surface area contributed by atoms with Crippen molar-refractivity contribution >= 4 is 0 Å². The molecule has 1 aromatic rings. The van der Waals surface area contributed by atoms with Crippen molar-refractivity contribution in [2.45, 2.75) is 52.0 Å². The zero-order valence-corrected chi connectivity index (χ0v) is 11.3. The van der Waals surface area contributed by atoms with Crippen LogP contribution in [0.15, 0.2) is 18.2 Å². The largest absolute Gasteiger partial charge is 0.324 e. The molecule has 0 aliphatic heterocycles. The van der Waals surface area contributed by atoms with Crippen LogP contribution in [0.2, 0.25) is 0 Å². The van der Waals surface area contributed by atoms with E-state index in [9.17, 15) is 8.78 Å². The normalized spacial score (nSPS) is 14.5. The summed E-state index contributed by atoms with van der Waals surface area (Å²) in [6.45, 7) is 4.30. The summed E-state index contributed by atoms with van der Waals surface area (Å²) in [5, 5.41) is 0. The van der Waals surface area contributed by atoms with Gasteiger partial charge in [-0.25, -0.2) is 8.78 Å². The number of unbranched alkanes of at least 4 members (excludes halogenated alkanes) is 1. The Morgan fingerprint density at radius 3 is 2.22 bits per heavy atom. The molecule has 1 rings (SSSR count). The van der Waals surface area contributed by atoms with E-state index in [0.29, 0.717) is 11.5 Å². The average Bonchev–Trinajstić information content (AvgIpc) is 2.32. The quantitative estimate of drug-likeness (QED) is 0.758. The van der Waals surface area contributed by atoms with Gasteiger partial charge in [-0.1, -0.05) is 39.5 Å². The average molecular weight is 255 g/mol. The van der Waals surface area contributed by atoms with Crippen LogP contribution in [0.25, 0.3) is 0 Å². The van der Waals surface area contributed by atoms with Gasteiger partial charge in [-0.05, 0) is 30.0 Å². The van der Waals surface area contributed by atoms with Crippen LogP contribution in [-0.2, 0) is 0 Å². The van der Waals surface area contributed by atoms with Crippen molar-refractivity contribution in [3.63, 3.8) is 0 Å². The van der Waals surface area contributed by atoms with Gasteiger partial charge in [0.05, 0.1) is 0 Å². The van der Waals surface area contributed by atoms with Gasteiger partial charge in [-0.15, -0.1) is 0 Å². The van der Waals surface area contributed by atoms with Crippen LogP contribution < -0.4 is 5.73 Å². The van der Waals surface area contributed by atoms with Crippen molar-refractivity contribution in [2.75, 3.05) is 0 Å². The maximum atomic E-state index is 13.1. The summed E-state index contributed by atoms with van der Waals surface area (Å²) < 4.78 is 26.2. The predicted octanol–water partition coefficient (Wildman–Crippen LogP) is 4.57. The minimum atomic E-state index is -0.554. The van der Waals surface area contributed by atoms with E-state index in [1.807, 2.05) is 0 Å². The number of hydrogen-bond donors (Lipinski definition) is 1. The standard InChI is InChI=1S/C15H23F2N/c1-3-5-6-11(4-2)7-15(18)12-8-13(16)10-14(17)9-12/h8-11,15H,3-7,18H2,1-2H3. The molecule has 0 bridgehead atoms. The summed E-state index contributed by atoms with van der Waals surface area (Å²) >= 11 is 0. The van der Waals surface area contributed by atoms with Gasteiger partial charge in [0.2, 0.25) is 0 Å². The van der Waals surface area contributed by atoms with Crippen LogP contribution in [0.1, 0.15) is 57.6 Å². The van der Waals surface area contributed by atoms with E-state index in [1.165, 1.54) is 25.0 Å². The highest BCUT2D eigenvalue weighted by molar-refractivity contribution is 5.21. The molecule has 2 N–H and O–H groups in total. The number of benzene rings is 1. The predicted molar refractivity (Wildman–Crippen MR) is 71.2 cm³/mol. The Bertz CT molecular complexity index is 345. The Balaban J connectivity index is 2.65. The monoisotopic (exact) mass is 255 g/mol. The van der Waals surface area contributed by atoms with Gasteiger partial charge in [0.15, 0.2) is 0 Å². The highest BCUT2D eigenvalue weighted by Gasteiger charge is 2.14. The van der Waals surface area contributed by atoms with Crippen molar-refractivity contribution in [3.8, 4) is 0 Å². The summed E-state index contributed by atoms with van der Waals surface area (Å²) in [4.78, 5) is 0. The first-order valence-corrected chi connectivity index (χ1v) is 6.78. The van der Waals surface area contributed by atoms with Gasteiger partial charge in [-0.3, -0.25) is 0 Å². The van der Waals surface area contributed by atoms with E-state index in [1.54, 1.807) is 0 Å². The first-order valence-electron chi connectivity index (χ1n) is 6.78. The maximum Gasteiger partial charge on any atom is 0.126 e. The van der Waals surface area contributed by atoms with Gasteiger partial charge >= 0.3 is 0 Å². The van der Waals surface area contributed by atoms with E-state index >= 15 is 0 Å². The smallest absolute Gasteiger partial charge is 0.126 e. The third kappa shape index (κ3) is 4.73. The van der Waals surface area contributed by atoms with Gasteiger partial charge in [0, 0.05) is 12.1 Å². The molecule has 0 saturated heterocycles. The molecule has 3 heteroatoms. The fraction of sp³-hybridized carbons (Fsp3) is 0.600. The lowest BCUT2D eigenvalue weighted by molar-refractivity contribution is 0.387. The number of halogens is 2. The molecule has 1 nitrogen and oxygen atoms in total. The number of hydrogen-bond acceptors (Lipinski definition) is 1. The summed E-state index contributed by atoms with van der Waals surface area (Å²) in [5.41, 5.74) is 6.61. The molecular formula is C15H23F2N. The molecule has 0 aliphatic rings. The van der Waals surface area contributed by atoms with Crippen LogP contribution in [0.4, 0.5) is 8.78 Å². The minimum absolute atomic E-state index is 0.281. The molecule has 102 valence electrons. The molecule has 18 heavy (non-hydrogen) atoms. The lowest BCUT2D eigenvalue weighted by Crippen LogP contribution is -2.16. The Morgan fingerprint density at radius 1 is 1.11 bits per heavy atom. The highest BCUT2D eigenvalue weighted by atomic mass is 19.1. The molecule has 0 saturated carbocycles. The fourth-order valence-corrected chi connectivity index (χ4v) is 2.27. The van der Waals surface area contributed by atoms with Gasteiger partial charge in [0.1, 0.15) is 11.6 Å². The van der Waals surface area contributed by atoms with E-state index in [4.69, 9.17) is 5.73 Å². The zero-order chi connectivity index (χ0) is 13.5. The third-order valence-corrected chi connectivity index (χ3v) is 3.44. The molecule has 2 atom stereocenters. The second kappa shape index (κ2) is 7.47. The lowest BCUT2D eigenvalue weighted by Gasteiger charge is -2.20. The second-order valence-corrected chi connectivity index (χ2v) is 4.96. The molecule has 0 aliphatic carbocycles. The summed E-state index contributed by atoms with van der Waals surface area (Å²) in [7, 11) is 0. The summed E-state index contributed by atoms with van der Waals surface area (Å²) in [6.07, 6.45) is 5.34. The summed E-state index contributed by atoms with van der Waals surface area (Å²) in [6, 6.07) is 3.27. The van der Waals surface area contributed by atoms with Crippen LogP contribution in [-0.4, -0.2) is 0 Å². The van der Waals surface area contributed by atoms with Crippen molar-refractivity contribution in [1.82, 2.24) is 0 Å². The van der Waals surface area contributed by atoms with Crippen molar-refractivity contribution in [3.05, 3.63) is 35.4 Å². The van der Waals surface area contributed by atoms with E-state index in [2.05, 4.69) is 13.8 Å². The highest BCUT2D eigenvalue weighted by Crippen LogP contribution is 2.25. The van der Waals surface area contributed by atoms with Crippen LogP contribution >= 0.6 is 0 Å². The van der Waals surface area contributed by atoms with Gasteiger partial charge < -0.3 is 5.73 Å². The molecule has 0 fully saturated rings. The van der Waals surface area contributed by atoms with E-state index < -0.39 is 11.6 Å². The molecule has 0 aromatic heterocycles. The SMILES string of the molecule is CCCCC(CC)CC(N)c1cc(F)cc(F)c1. The molecule has 1 aromatic carbocycles. The van der Waals surface area contributed by atoms with Gasteiger partial charge in [0.25, 0.3) is 0 Å². The first-order chi connectivity index (χ1) is 8.56. The topological polar surface area (TPSA) is 26.0 Å². The van der Waals surface area contributed by atoms with E-state index in [-0.39, 0.29) is 6.04 Å².